The number of nitrogens with zero attached hydrogens (tertiary/aromatic N) is 4. The van der Waals surface area contributed by atoms with Crippen LogP contribution in [0.2, 0.25) is 0 Å². The summed E-state index contributed by atoms with van der Waals surface area (Å²) in [5, 5.41) is 6.77. The lowest BCUT2D eigenvalue weighted by atomic mass is 9.80. The first-order valence-corrected chi connectivity index (χ1v) is 35.6. The molecular weight excluding hydrogens is 1400 g/mol. The quantitative estimate of drug-likeness (QED) is 0.0130. The molecule has 0 saturated heterocycles. The highest BCUT2D eigenvalue weighted by Gasteiger charge is 2.43. The highest BCUT2D eigenvalue weighted by Crippen LogP contribution is 2.58. The molecule has 552 valence electrons. The van der Waals surface area contributed by atoms with Gasteiger partial charge < -0.3 is 39.1 Å². The van der Waals surface area contributed by atoms with E-state index in [9.17, 15) is 28.8 Å². The van der Waals surface area contributed by atoms with Gasteiger partial charge in [0.05, 0.1) is 22.3 Å². The second-order valence-corrected chi connectivity index (χ2v) is 27.1. The lowest BCUT2D eigenvalue weighted by Crippen LogP contribution is -2.44. The molecule has 0 fully saturated rings. The van der Waals surface area contributed by atoms with Crippen molar-refractivity contribution >= 4 is 102 Å². The molecule has 2 aliphatic heterocycles. The Morgan fingerprint density at radius 3 is 0.882 bits per heavy atom. The van der Waals surface area contributed by atoms with Gasteiger partial charge >= 0.3 is 11.9 Å². The van der Waals surface area contributed by atoms with E-state index in [-0.39, 0.29) is 172 Å². The fraction of sp³-hybridized carbons (Fsp3) is 0.182. The zero-order valence-electron chi connectivity index (χ0n) is 60.8. The molecule has 2 aliphatic rings. The van der Waals surface area contributed by atoms with Gasteiger partial charge in [-0.3, -0.25) is 58.1 Å². The lowest BCUT2D eigenvalue weighted by Gasteiger charge is -2.32. The summed E-state index contributed by atoms with van der Waals surface area (Å²) in [5.41, 5.74) is 4.44. The highest BCUT2D eigenvalue weighted by molar-refractivity contribution is 6.45. The summed E-state index contributed by atoms with van der Waals surface area (Å²) >= 11 is 0. The number of Topliss-reactive ketones (excluding diaryl/α,β-unsaturated/α-hetero) is 2. The Balaban J connectivity index is 1.10. The fourth-order valence-electron chi connectivity index (χ4n) is 13.3. The summed E-state index contributed by atoms with van der Waals surface area (Å²) in [6.45, 7) is 20.4. The van der Waals surface area contributed by atoms with Crippen molar-refractivity contribution in [1.82, 2.24) is 30.4 Å². The number of rotatable bonds is 32. The van der Waals surface area contributed by atoms with Crippen LogP contribution in [0.25, 0.3) is 43.1 Å². The number of carbonyl (C=O) groups excluding carboxylic acids is 10. The number of esters is 2. The molecule has 0 spiro atoms. The molecule has 9 aromatic carbocycles. The maximum atomic E-state index is 15.8. The molecule has 2 aromatic heterocycles. The third-order valence-electron chi connectivity index (χ3n) is 18.9. The van der Waals surface area contributed by atoms with E-state index in [0.717, 1.165) is 32.1 Å². The summed E-state index contributed by atoms with van der Waals surface area (Å²) in [4.78, 5) is 152. The number of hydrogen-bond acceptors (Lipinski definition) is 18. The van der Waals surface area contributed by atoms with Crippen molar-refractivity contribution in [3.05, 3.63) is 263 Å². The van der Waals surface area contributed by atoms with Gasteiger partial charge in [0.15, 0.2) is 11.6 Å². The van der Waals surface area contributed by atoms with E-state index in [0.29, 0.717) is 60.8 Å². The Morgan fingerprint density at radius 1 is 0.345 bits per heavy atom. The fourth-order valence-corrected chi connectivity index (χ4v) is 13.3. The van der Waals surface area contributed by atoms with Crippen LogP contribution in [0.4, 0.5) is 0 Å². The van der Waals surface area contributed by atoms with Crippen molar-refractivity contribution in [3.63, 3.8) is 0 Å². The number of aryl methyl sites for hydroxylation is 2. The molecule has 2 N–H and O–H groups in total. The van der Waals surface area contributed by atoms with Crippen LogP contribution in [0, 0.1) is 0 Å². The summed E-state index contributed by atoms with van der Waals surface area (Å²) in [7, 11) is 0. The molecule has 0 atom stereocenters. The van der Waals surface area contributed by atoms with E-state index in [4.69, 9.17) is 28.4 Å². The van der Waals surface area contributed by atoms with Crippen LogP contribution < -0.4 is 39.1 Å². The SMILES string of the molecule is C=C(C)C(=O)CCCc1ccc(Oc2cc3c4c(cc(Oc5ccc(CCCC(=O)C(=C)C)cc5)c5c6c(Oc7ccc(CCNC(=O)C(=C)C)cc7)cc7c8c(cc(Oc9ccc(CCNC(=O)C(=C)C)cc9)c(c2c45)c86)C(=O)N(CC(=O)Oc2ccncc2)C7=O)C(=O)N(CC(=O)Oc2ccncc2)C3=O)cc1. The van der Waals surface area contributed by atoms with Crippen LogP contribution in [-0.2, 0) is 54.5 Å². The molecule has 0 bridgehead atoms. The second kappa shape index (κ2) is 32.1. The Labute approximate surface area is 631 Å². The van der Waals surface area contributed by atoms with Crippen LogP contribution >= 0.6 is 0 Å². The summed E-state index contributed by atoms with van der Waals surface area (Å²) in [5.74, 6) is -5.43. The van der Waals surface area contributed by atoms with E-state index < -0.39 is 48.7 Å². The van der Waals surface area contributed by atoms with Crippen molar-refractivity contribution in [2.45, 2.75) is 79.1 Å². The first-order chi connectivity index (χ1) is 53.0. The molecule has 22 nitrogen and oxygen atoms in total. The lowest BCUT2D eigenvalue weighted by molar-refractivity contribution is -0.135. The van der Waals surface area contributed by atoms with Crippen molar-refractivity contribution in [3.8, 4) is 57.5 Å². The van der Waals surface area contributed by atoms with Gasteiger partial charge in [0.1, 0.15) is 70.6 Å². The standard InChI is InChI=1S/C88H74N6O16/c1-49(2)67(95)13-9-11-53-15-23-57(24-16-53)105-69-43-63-75-64(86(102)93(85(63)101)47-73(97)109-61-33-37-89-38-34-61)44-70(106-58-25-17-54(18-26-58)12-10-14-68(96)50(3)4)78-80-72(108-60-29-21-56(22-30-60)32-42-92-84(100)52(7)8)46-66-76-65(87(103)94(88(66)104)48-74(98)110-62-35-39-90-40-36-62)45-71(79(82(76)80)77(69)81(75)78)107-59-27-19-55(20-28-59)31-41-91-83(99)51(5)6/h15-30,33-40,43-46H,1,3,5,7,9-14,31-32,41-42,47-48H2,2,4,6,8H3,(H,91,99)(H,92,100). The van der Waals surface area contributed by atoms with Gasteiger partial charge in [-0.05, 0) is 197 Å². The normalized spacial score (nSPS) is 12.3. The van der Waals surface area contributed by atoms with Crippen molar-refractivity contribution in [2.24, 2.45) is 0 Å². The Morgan fingerprint density at radius 2 is 0.618 bits per heavy atom. The van der Waals surface area contributed by atoms with Crippen LogP contribution in [0.1, 0.15) is 117 Å². The van der Waals surface area contributed by atoms with Crippen molar-refractivity contribution in [1.29, 1.82) is 0 Å². The number of ketones is 2. The topological polar surface area (TPSA) is 282 Å². The minimum Gasteiger partial charge on any atom is -0.457 e. The van der Waals surface area contributed by atoms with Crippen LogP contribution in [0.15, 0.2) is 219 Å². The summed E-state index contributed by atoms with van der Waals surface area (Å²) in [6, 6.07) is 39.8. The second-order valence-electron chi connectivity index (χ2n) is 27.1. The number of amides is 6. The Bertz CT molecular complexity index is 5010. The number of carbonyl (C=O) groups is 10. The molecule has 0 saturated carbocycles. The third-order valence-corrected chi connectivity index (χ3v) is 18.9. The molecule has 0 radical (unpaired) electrons. The maximum absolute atomic E-state index is 15.8. The monoisotopic (exact) mass is 1470 g/mol. The Kier molecular flexibility index (Phi) is 21.8. The number of pyridine rings is 2. The molecule has 0 aliphatic carbocycles. The van der Waals surface area contributed by atoms with Gasteiger partial charge in [-0.1, -0.05) is 74.8 Å². The van der Waals surface area contributed by atoms with Crippen molar-refractivity contribution in [2.75, 3.05) is 26.2 Å². The molecule has 110 heavy (non-hydrogen) atoms. The third kappa shape index (κ3) is 16.0. The molecule has 4 heterocycles. The number of fused-ring (bicyclic) bond motifs is 2. The van der Waals surface area contributed by atoms with Crippen LogP contribution in [-0.4, -0.2) is 105 Å². The number of imide groups is 2. The maximum Gasteiger partial charge on any atom is 0.331 e. The molecule has 11 aromatic rings. The largest absolute Gasteiger partial charge is 0.457 e. The number of allylic oxidation sites excluding steroid dienone is 2. The van der Waals surface area contributed by atoms with E-state index in [1.165, 1.54) is 73.3 Å². The number of benzene rings is 9. The molecule has 6 amide bonds. The van der Waals surface area contributed by atoms with Gasteiger partial charge in [0, 0.05) is 105 Å². The first kappa shape index (κ1) is 74.5. The smallest absolute Gasteiger partial charge is 0.331 e. The van der Waals surface area contributed by atoms with E-state index in [1.807, 2.05) is 24.3 Å². The predicted octanol–water partition coefficient (Wildman–Crippen LogP) is 15.5. The zero-order valence-corrected chi connectivity index (χ0v) is 60.8. The number of hydrogen-bond donors (Lipinski definition) is 2. The summed E-state index contributed by atoms with van der Waals surface area (Å²) in [6.07, 6.45) is 9.09. The van der Waals surface area contributed by atoms with Gasteiger partial charge in [0.25, 0.3) is 23.6 Å². The van der Waals surface area contributed by atoms with E-state index >= 15 is 19.2 Å². The number of ether oxygens (including phenoxy) is 6. The molecule has 0 unspecified atom stereocenters. The number of aromatic nitrogens is 2. The van der Waals surface area contributed by atoms with Gasteiger partial charge in [-0.2, -0.15) is 0 Å². The Hall–Kier alpha value is -13.8. The van der Waals surface area contributed by atoms with Crippen LogP contribution in [0.3, 0.4) is 0 Å². The zero-order chi connectivity index (χ0) is 77.6. The minimum atomic E-state index is -0.971. The van der Waals surface area contributed by atoms with Crippen LogP contribution in [0.5, 0.6) is 57.5 Å². The predicted molar refractivity (Wildman–Crippen MR) is 413 cm³/mol. The van der Waals surface area contributed by atoms with Gasteiger partial charge in [-0.25, -0.2) is 9.59 Å². The van der Waals surface area contributed by atoms with Crippen molar-refractivity contribution < 1.29 is 76.4 Å². The molecular formula is C88H74N6O16. The minimum absolute atomic E-state index is 0.0389. The van der Waals surface area contributed by atoms with E-state index in [1.54, 1.807) is 100 Å². The van der Waals surface area contributed by atoms with Gasteiger partial charge in [0.2, 0.25) is 11.8 Å². The first-order valence-electron chi connectivity index (χ1n) is 35.6. The van der Waals surface area contributed by atoms with Gasteiger partial charge in [-0.15, -0.1) is 0 Å². The summed E-state index contributed by atoms with van der Waals surface area (Å²) < 4.78 is 40.1. The highest BCUT2D eigenvalue weighted by atomic mass is 16.5. The molecule has 13 rings (SSSR count). The average Bonchev–Trinajstić information content (AvgIpc) is 0.672. The average molecular weight is 1470 g/mol. The molecule has 22 heteroatoms. The number of nitrogens with one attached hydrogen (secondary N) is 2. The van der Waals surface area contributed by atoms with E-state index in [2.05, 4.69) is 46.9 Å².